The van der Waals surface area contributed by atoms with E-state index in [-0.39, 0.29) is 30.2 Å². The second-order valence-corrected chi connectivity index (χ2v) is 9.72. The molecule has 210 valence electrons. The van der Waals surface area contributed by atoms with E-state index in [2.05, 4.69) is 16.9 Å². The van der Waals surface area contributed by atoms with Crippen LogP contribution in [-0.4, -0.2) is 54.7 Å². The van der Waals surface area contributed by atoms with Gasteiger partial charge < -0.3 is 34.0 Å². The van der Waals surface area contributed by atoms with Crippen LogP contribution in [0.25, 0.3) is 0 Å². The van der Waals surface area contributed by atoms with Crippen LogP contribution in [0.2, 0.25) is 0 Å². The van der Waals surface area contributed by atoms with Crippen molar-refractivity contribution >= 4 is 5.97 Å². The SMILES string of the molecule is CCCCCCCCCCCCCC(=O)O[C@H](c1cnco1)c1nc([C@H](O)C[C@H](O)[C@H](O)[C@H](C)O)co1. The number of aliphatic hydroxyl groups is 4. The lowest BCUT2D eigenvalue weighted by atomic mass is 10.0. The first-order chi connectivity index (χ1) is 17.8. The summed E-state index contributed by atoms with van der Waals surface area (Å²) in [5.74, 6) is -0.212. The van der Waals surface area contributed by atoms with Gasteiger partial charge in [0.2, 0.25) is 12.0 Å². The number of aliphatic hydroxyl groups excluding tert-OH is 4. The Morgan fingerprint density at radius 1 is 0.946 bits per heavy atom. The summed E-state index contributed by atoms with van der Waals surface area (Å²) < 4.78 is 16.3. The Labute approximate surface area is 219 Å². The number of aromatic nitrogens is 2. The van der Waals surface area contributed by atoms with Crippen LogP contribution in [0.4, 0.5) is 0 Å². The van der Waals surface area contributed by atoms with Crippen LogP contribution >= 0.6 is 0 Å². The van der Waals surface area contributed by atoms with Gasteiger partial charge in [0.05, 0.1) is 18.4 Å². The molecule has 2 rings (SSSR count). The molecule has 0 aliphatic carbocycles. The molecule has 0 saturated carbocycles. The van der Waals surface area contributed by atoms with Gasteiger partial charge in [-0.05, 0) is 13.3 Å². The lowest BCUT2D eigenvalue weighted by Gasteiger charge is -2.21. The van der Waals surface area contributed by atoms with E-state index in [1.54, 1.807) is 0 Å². The molecular formula is C27H44N2O8. The van der Waals surface area contributed by atoms with E-state index >= 15 is 0 Å². The van der Waals surface area contributed by atoms with Crippen LogP contribution in [0.3, 0.4) is 0 Å². The van der Waals surface area contributed by atoms with Crippen LogP contribution < -0.4 is 0 Å². The topological polar surface area (TPSA) is 159 Å². The smallest absolute Gasteiger partial charge is 0.307 e. The van der Waals surface area contributed by atoms with Crippen molar-refractivity contribution in [3.05, 3.63) is 36.2 Å². The Morgan fingerprint density at radius 2 is 1.57 bits per heavy atom. The van der Waals surface area contributed by atoms with Crippen LogP contribution in [0, 0.1) is 0 Å². The normalized spacial score (nSPS) is 15.7. The second-order valence-electron chi connectivity index (χ2n) is 9.72. The van der Waals surface area contributed by atoms with Crippen molar-refractivity contribution in [1.29, 1.82) is 0 Å². The van der Waals surface area contributed by atoms with E-state index in [0.717, 1.165) is 19.3 Å². The minimum absolute atomic E-state index is 0.0105. The molecule has 2 aromatic rings. The molecule has 0 aliphatic rings. The fourth-order valence-electron chi connectivity index (χ4n) is 4.09. The van der Waals surface area contributed by atoms with E-state index in [0.29, 0.717) is 0 Å². The number of rotatable bonds is 20. The lowest BCUT2D eigenvalue weighted by Crippen LogP contribution is -2.36. The van der Waals surface area contributed by atoms with Gasteiger partial charge in [0.25, 0.3) is 0 Å². The molecule has 0 aliphatic heterocycles. The fraction of sp³-hybridized carbons (Fsp3) is 0.741. The van der Waals surface area contributed by atoms with Crippen molar-refractivity contribution in [2.24, 2.45) is 0 Å². The number of carbonyl (C=O) groups is 1. The predicted octanol–water partition coefficient (Wildman–Crippen LogP) is 4.52. The minimum Gasteiger partial charge on any atom is -0.445 e. The third-order valence-electron chi connectivity index (χ3n) is 6.40. The summed E-state index contributed by atoms with van der Waals surface area (Å²) in [5, 5.41) is 39.5. The van der Waals surface area contributed by atoms with Gasteiger partial charge in [0.1, 0.15) is 24.2 Å². The summed E-state index contributed by atoms with van der Waals surface area (Å²) in [6.07, 6.45) is 10.5. The molecule has 0 bridgehead atoms. The van der Waals surface area contributed by atoms with Crippen molar-refractivity contribution < 1.29 is 38.8 Å². The number of esters is 1. The average Bonchev–Trinajstić information content (AvgIpc) is 3.58. The van der Waals surface area contributed by atoms with Crippen molar-refractivity contribution in [3.63, 3.8) is 0 Å². The number of hydrogen-bond donors (Lipinski definition) is 4. The van der Waals surface area contributed by atoms with E-state index in [1.165, 1.54) is 77.1 Å². The van der Waals surface area contributed by atoms with E-state index in [9.17, 15) is 25.2 Å². The largest absolute Gasteiger partial charge is 0.445 e. The summed E-state index contributed by atoms with van der Waals surface area (Å²) in [6.45, 7) is 3.56. The van der Waals surface area contributed by atoms with Crippen molar-refractivity contribution in [2.45, 2.75) is 128 Å². The van der Waals surface area contributed by atoms with Crippen molar-refractivity contribution in [2.75, 3.05) is 0 Å². The third-order valence-corrected chi connectivity index (χ3v) is 6.40. The molecule has 10 heteroatoms. The Morgan fingerprint density at radius 3 is 2.14 bits per heavy atom. The van der Waals surface area contributed by atoms with Gasteiger partial charge in [-0.1, -0.05) is 71.1 Å². The maximum Gasteiger partial charge on any atom is 0.307 e. The average molecular weight is 525 g/mol. The Hall–Kier alpha value is -2.27. The highest BCUT2D eigenvalue weighted by atomic mass is 16.6. The van der Waals surface area contributed by atoms with Gasteiger partial charge in [-0.3, -0.25) is 4.79 Å². The second kappa shape index (κ2) is 17.3. The molecule has 4 N–H and O–H groups in total. The van der Waals surface area contributed by atoms with Gasteiger partial charge in [-0.25, -0.2) is 9.97 Å². The summed E-state index contributed by atoms with van der Waals surface area (Å²) in [5.41, 5.74) is 0.0813. The molecule has 0 saturated heterocycles. The van der Waals surface area contributed by atoms with Crippen LogP contribution in [0.5, 0.6) is 0 Å². The molecule has 0 spiro atoms. The van der Waals surface area contributed by atoms with Gasteiger partial charge in [-0.2, -0.15) is 0 Å². The fourth-order valence-corrected chi connectivity index (χ4v) is 4.09. The van der Waals surface area contributed by atoms with Gasteiger partial charge in [0.15, 0.2) is 12.2 Å². The zero-order valence-electron chi connectivity index (χ0n) is 22.1. The zero-order chi connectivity index (χ0) is 27.0. The molecule has 0 unspecified atom stereocenters. The lowest BCUT2D eigenvalue weighted by molar-refractivity contribution is -0.149. The molecule has 0 aromatic carbocycles. The Balaban J connectivity index is 1.79. The first-order valence-corrected chi connectivity index (χ1v) is 13.6. The third kappa shape index (κ3) is 11.3. The first kappa shape index (κ1) is 31.0. The highest BCUT2D eigenvalue weighted by molar-refractivity contribution is 5.69. The van der Waals surface area contributed by atoms with E-state index < -0.39 is 36.5 Å². The molecule has 2 heterocycles. The van der Waals surface area contributed by atoms with Crippen LogP contribution in [0.15, 0.2) is 27.7 Å². The number of hydrogen-bond acceptors (Lipinski definition) is 10. The number of carbonyl (C=O) groups excluding carboxylic acids is 1. The van der Waals surface area contributed by atoms with E-state index in [1.807, 2.05) is 0 Å². The first-order valence-electron chi connectivity index (χ1n) is 13.6. The number of nitrogens with zero attached hydrogens (tertiary/aromatic N) is 2. The molecule has 0 fully saturated rings. The van der Waals surface area contributed by atoms with Gasteiger partial charge >= 0.3 is 5.97 Å². The minimum atomic E-state index is -1.42. The quantitative estimate of drug-likeness (QED) is 0.143. The summed E-state index contributed by atoms with van der Waals surface area (Å²) in [7, 11) is 0. The molecular weight excluding hydrogens is 480 g/mol. The Bertz CT molecular complexity index is 854. The maximum atomic E-state index is 12.5. The molecule has 0 amide bonds. The number of ether oxygens (including phenoxy) is 1. The Kier molecular flexibility index (Phi) is 14.5. The zero-order valence-corrected chi connectivity index (χ0v) is 22.1. The van der Waals surface area contributed by atoms with E-state index in [4.69, 9.17) is 13.6 Å². The molecule has 10 nitrogen and oxygen atoms in total. The highest BCUT2D eigenvalue weighted by Crippen LogP contribution is 2.29. The van der Waals surface area contributed by atoms with Crippen LogP contribution in [0.1, 0.15) is 127 Å². The van der Waals surface area contributed by atoms with Crippen LogP contribution in [-0.2, 0) is 9.53 Å². The standard InChI is InChI=1S/C27H44N2O8/c1-3-4-5-6-7-8-9-10-11-12-13-14-24(33)37-26(23-16-28-18-36-23)27-29-20(17-35-27)21(31)15-22(32)25(34)19(2)30/h16-19,21-22,25-26,30-32,34H,3-15H2,1-2H3/t19-,21+,22-,25+,26+/m0/s1. The van der Waals surface area contributed by atoms with Crippen molar-refractivity contribution in [1.82, 2.24) is 9.97 Å². The number of unbranched alkanes of at least 4 members (excludes halogenated alkanes) is 10. The number of oxazole rings is 2. The monoisotopic (exact) mass is 524 g/mol. The van der Waals surface area contributed by atoms with Gasteiger partial charge in [-0.15, -0.1) is 0 Å². The molecule has 37 heavy (non-hydrogen) atoms. The molecule has 0 radical (unpaired) electrons. The van der Waals surface area contributed by atoms with Gasteiger partial charge in [0, 0.05) is 12.8 Å². The summed E-state index contributed by atoms with van der Waals surface area (Å²) in [4.78, 5) is 20.6. The molecule has 2 aromatic heterocycles. The summed E-state index contributed by atoms with van der Waals surface area (Å²) >= 11 is 0. The summed E-state index contributed by atoms with van der Waals surface area (Å²) in [6, 6.07) is 0. The predicted molar refractivity (Wildman–Crippen MR) is 135 cm³/mol. The molecule has 5 atom stereocenters. The maximum absolute atomic E-state index is 12.5. The highest BCUT2D eigenvalue weighted by Gasteiger charge is 2.30. The van der Waals surface area contributed by atoms with Crippen molar-refractivity contribution in [3.8, 4) is 0 Å².